The van der Waals surface area contributed by atoms with E-state index in [1.807, 2.05) is 13.8 Å². The Hall–Kier alpha value is -2.77. The molecule has 3 rings (SSSR count). The molecule has 1 aromatic heterocycles. The fraction of sp³-hybridized carbons (Fsp3) is 0.190. The average molecular weight is 399 g/mol. The summed E-state index contributed by atoms with van der Waals surface area (Å²) in [5.74, 6) is -0.488. The fourth-order valence-electron chi connectivity index (χ4n) is 3.21. The molecule has 0 aliphatic rings. The number of hydrogen-bond donors (Lipinski definition) is 3. The van der Waals surface area contributed by atoms with Crippen LogP contribution in [0.5, 0.6) is 0 Å². The molecule has 0 saturated heterocycles. The predicted octanol–water partition coefficient (Wildman–Crippen LogP) is 3.28. The highest BCUT2D eigenvalue weighted by Gasteiger charge is 2.13. The van der Waals surface area contributed by atoms with Crippen LogP contribution < -0.4 is 10.5 Å². The molecule has 28 heavy (non-hydrogen) atoms. The third-order valence-electron chi connectivity index (χ3n) is 4.64. The van der Waals surface area contributed by atoms with E-state index in [2.05, 4.69) is 10.3 Å². The SMILES string of the molecule is Cc1[nH]c2c(F)ccc(C)c2c1CCNC(=O)/C=C/c1ccc(S(N)=O)cc1. The number of carbonyl (C=O) groups is 1. The van der Waals surface area contributed by atoms with Gasteiger partial charge < -0.3 is 10.3 Å². The van der Waals surface area contributed by atoms with Gasteiger partial charge in [-0.05, 0) is 61.2 Å². The number of aromatic amines is 1. The van der Waals surface area contributed by atoms with Gasteiger partial charge in [0.2, 0.25) is 5.91 Å². The molecular formula is C21H22FN3O2S. The molecule has 0 spiro atoms. The zero-order chi connectivity index (χ0) is 20.3. The second-order valence-corrected chi connectivity index (χ2v) is 7.65. The maximum Gasteiger partial charge on any atom is 0.244 e. The summed E-state index contributed by atoms with van der Waals surface area (Å²) in [6.07, 6.45) is 3.73. The number of benzene rings is 2. The molecule has 146 valence electrons. The largest absolute Gasteiger partial charge is 0.356 e. The van der Waals surface area contributed by atoms with E-state index in [-0.39, 0.29) is 11.7 Å². The second kappa shape index (κ2) is 8.50. The Morgan fingerprint density at radius 2 is 1.93 bits per heavy atom. The molecule has 0 saturated carbocycles. The lowest BCUT2D eigenvalue weighted by Gasteiger charge is -2.05. The van der Waals surface area contributed by atoms with E-state index in [4.69, 9.17) is 5.14 Å². The van der Waals surface area contributed by atoms with E-state index in [9.17, 15) is 13.4 Å². The van der Waals surface area contributed by atoms with Gasteiger partial charge in [0.05, 0.1) is 10.4 Å². The van der Waals surface area contributed by atoms with Gasteiger partial charge in [-0.15, -0.1) is 0 Å². The van der Waals surface area contributed by atoms with Crippen LogP contribution in [0.25, 0.3) is 17.0 Å². The fourth-order valence-corrected chi connectivity index (χ4v) is 3.61. The van der Waals surface area contributed by atoms with Gasteiger partial charge in [0.1, 0.15) is 16.8 Å². The number of halogens is 1. The number of amides is 1. The van der Waals surface area contributed by atoms with Crippen molar-refractivity contribution >= 4 is 33.9 Å². The molecule has 1 unspecified atom stereocenters. The van der Waals surface area contributed by atoms with Crippen LogP contribution in [0.3, 0.4) is 0 Å². The van der Waals surface area contributed by atoms with Crippen molar-refractivity contribution in [3.05, 3.63) is 70.7 Å². The van der Waals surface area contributed by atoms with Crippen LogP contribution in [0.2, 0.25) is 0 Å². The van der Waals surface area contributed by atoms with Gasteiger partial charge in [0.15, 0.2) is 0 Å². The van der Waals surface area contributed by atoms with E-state index in [1.54, 1.807) is 36.4 Å². The molecule has 4 N–H and O–H groups in total. The minimum atomic E-state index is -1.51. The van der Waals surface area contributed by atoms with Crippen molar-refractivity contribution in [2.75, 3.05) is 6.54 Å². The highest BCUT2D eigenvalue weighted by molar-refractivity contribution is 7.82. The molecule has 7 heteroatoms. The van der Waals surface area contributed by atoms with Crippen molar-refractivity contribution in [3.63, 3.8) is 0 Å². The van der Waals surface area contributed by atoms with Crippen molar-refractivity contribution in [2.24, 2.45) is 5.14 Å². The molecule has 3 aromatic rings. The minimum Gasteiger partial charge on any atom is -0.356 e. The minimum absolute atomic E-state index is 0.216. The Kier molecular flexibility index (Phi) is 6.06. The Labute approximate surface area is 165 Å². The van der Waals surface area contributed by atoms with Gasteiger partial charge in [-0.1, -0.05) is 18.2 Å². The summed E-state index contributed by atoms with van der Waals surface area (Å²) in [7, 11) is -1.51. The number of aryl methyl sites for hydroxylation is 2. The van der Waals surface area contributed by atoms with Crippen LogP contribution in [-0.2, 0) is 22.2 Å². The Morgan fingerprint density at radius 3 is 2.61 bits per heavy atom. The lowest BCUT2D eigenvalue weighted by atomic mass is 10.0. The van der Waals surface area contributed by atoms with Gasteiger partial charge in [0, 0.05) is 23.7 Å². The number of nitrogens with one attached hydrogen (secondary N) is 2. The summed E-state index contributed by atoms with van der Waals surface area (Å²) in [6.45, 7) is 4.30. The molecule has 1 atom stereocenters. The lowest BCUT2D eigenvalue weighted by Crippen LogP contribution is -2.23. The topological polar surface area (TPSA) is 88.0 Å². The summed E-state index contributed by atoms with van der Waals surface area (Å²) in [6, 6.07) is 10.0. The molecule has 0 aliphatic carbocycles. The van der Waals surface area contributed by atoms with E-state index in [1.165, 1.54) is 12.1 Å². The Morgan fingerprint density at radius 1 is 1.21 bits per heavy atom. The van der Waals surface area contributed by atoms with Gasteiger partial charge >= 0.3 is 0 Å². The van der Waals surface area contributed by atoms with Crippen molar-refractivity contribution in [2.45, 2.75) is 25.2 Å². The summed E-state index contributed by atoms with van der Waals surface area (Å²) in [5.41, 5.74) is 4.25. The van der Waals surface area contributed by atoms with E-state index >= 15 is 0 Å². The highest BCUT2D eigenvalue weighted by Crippen LogP contribution is 2.27. The molecule has 2 aromatic carbocycles. The molecule has 0 bridgehead atoms. The Bertz CT molecular complexity index is 1070. The van der Waals surface area contributed by atoms with Crippen LogP contribution in [-0.4, -0.2) is 21.6 Å². The van der Waals surface area contributed by atoms with Crippen LogP contribution in [0, 0.1) is 19.7 Å². The molecule has 1 heterocycles. The number of nitrogens with two attached hydrogens (primary N) is 1. The molecule has 1 amide bonds. The normalized spacial score (nSPS) is 12.6. The molecule has 0 radical (unpaired) electrons. The van der Waals surface area contributed by atoms with Crippen LogP contribution in [0.1, 0.15) is 22.4 Å². The highest BCUT2D eigenvalue weighted by atomic mass is 32.2. The number of rotatable bonds is 6. The first-order chi connectivity index (χ1) is 13.4. The van der Waals surface area contributed by atoms with Crippen LogP contribution >= 0.6 is 0 Å². The van der Waals surface area contributed by atoms with Gasteiger partial charge in [0.25, 0.3) is 0 Å². The number of hydrogen-bond acceptors (Lipinski definition) is 2. The smallest absolute Gasteiger partial charge is 0.244 e. The number of aromatic nitrogens is 1. The summed E-state index contributed by atoms with van der Waals surface area (Å²) in [4.78, 5) is 15.7. The zero-order valence-corrected chi connectivity index (χ0v) is 16.5. The quantitative estimate of drug-likeness (QED) is 0.556. The standard InChI is InChI=1S/C21H22FN3O2S/c1-13-3-9-18(22)21-20(13)17(14(2)25-21)11-12-24-19(26)10-6-15-4-7-16(8-5-15)28(23)27/h3-10,25H,11-12,23H2,1-2H3,(H,24,26)/b10-6+. The van der Waals surface area contributed by atoms with E-state index in [0.29, 0.717) is 23.4 Å². The zero-order valence-electron chi connectivity index (χ0n) is 15.7. The first-order valence-corrected chi connectivity index (χ1v) is 10.1. The van der Waals surface area contributed by atoms with Gasteiger partial charge in [-0.3, -0.25) is 4.79 Å². The van der Waals surface area contributed by atoms with E-state index in [0.717, 1.165) is 27.8 Å². The van der Waals surface area contributed by atoms with Gasteiger partial charge in [-0.25, -0.2) is 13.7 Å². The maximum atomic E-state index is 14.0. The predicted molar refractivity (Wildman–Crippen MR) is 111 cm³/mol. The van der Waals surface area contributed by atoms with Crippen molar-refractivity contribution in [1.82, 2.24) is 10.3 Å². The summed E-state index contributed by atoms with van der Waals surface area (Å²) >= 11 is 0. The van der Waals surface area contributed by atoms with Crippen LogP contribution in [0.15, 0.2) is 47.4 Å². The third-order valence-corrected chi connectivity index (χ3v) is 5.38. The van der Waals surface area contributed by atoms with Crippen molar-refractivity contribution in [3.8, 4) is 0 Å². The van der Waals surface area contributed by atoms with Crippen molar-refractivity contribution < 1.29 is 13.4 Å². The first kappa shape index (κ1) is 20.0. The second-order valence-electron chi connectivity index (χ2n) is 6.58. The third kappa shape index (κ3) is 4.37. The van der Waals surface area contributed by atoms with Gasteiger partial charge in [-0.2, -0.15) is 0 Å². The first-order valence-electron chi connectivity index (χ1n) is 8.85. The monoisotopic (exact) mass is 399 g/mol. The van der Waals surface area contributed by atoms with Crippen LogP contribution in [0.4, 0.5) is 4.39 Å². The average Bonchev–Trinajstić information content (AvgIpc) is 3.01. The van der Waals surface area contributed by atoms with E-state index < -0.39 is 11.0 Å². The summed E-state index contributed by atoms with van der Waals surface area (Å²) < 4.78 is 25.2. The number of carbonyl (C=O) groups excluding carboxylic acids is 1. The Balaban J connectivity index is 1.61. The number of H-pyrrole nitrogens is 1. The van der Waals surface area contributed by atoms with Crippen molar-refractivity contribution in [1.29, 1.82) is 0 Å². The molecular weight excluding hydrogens is 377 g/mol. The molecule has 5 nitrogen and oxygen atoms in total. The maximum absolute atomic E-state index is 14.0. The molecule has 0 aliphatic heterocycles. The summed E-state index contributed by atoms with van der Waals surface area (Å²) in [5, 5.41) is 9.04. The lowest BCUT2D eigenvalue weighted by molar-refractivity contribution is -0.116. The molecule has 0 fully saturated rings. The number of fused-ring (bicyclic) bond motifs is 1.